The van der Waals surface area contributed by atoms with E-state index in [1.807, 2.05) is 17.0 Å². The van der Waals surface area contributed by atoms with Gasteiger partial charge >= 0.3 is 0 Å². The Kier molecular flexibility index (Phi) is 3.27. The van der Waals surface area contributed by atoms with E-state index in [1.54, 1.807) is 0 Å². The van der Waals surface area contributed by atoms with E-state index in [1.165, 1.54) is 5.56 Å². The van der Waals surface area contributed by atoms with Crippen molar-refractivity contribution in [3.63, 3.8) is 0 Å². The van der Waals surface area contributed by atoms with Gasteiger partial charge in [-0.15, -0.1) is 0 Å². The normalized spacial score (nSPS) is 24.8. The molecule has 0 aromatic heterocycles. The summed E-state index contributed by atoms with van der Waals surface area (Å²) in [5.74, 6) is 0.299. The van der Waals surface area contributed by atoms with Crippen LogP contribution >= 0.6 is 11.6 Å². The Bertz CT molecular complexity index is 481. The third kappa shape index (κ3) is 2.49. The number of rotatable bonds is 4. The molecule has 1 aliphatic carbocycles. The van der Waals surface area contributed by atoms with Crippen LogP contribution in [-0.2, 0) is 10.2 Å². The predicted octanol–water partition coefficient (Wildman–Crippen LogP) is 2.21. The number of amides is 1. The van der Waals surface area contributed by atoms with Gasteiger partial charge in [0.25, 0.3) is 0 Å². The molecule has 1 atom stereocenters. The number of carbonyl (C=O) groups is 1. The summed E-state index contributed by atoms with van der Waals surface area (Å²) >= 11 is 5.92. The van der Waals surface area contributed by atoms with Gasteiger partial charge in [0.2, 0.25) is 5.91 Å². The van der Waals surface area contributed by atoms with Crippen molar-refractivity contribution < 1.29 is 9.90 Å². The molecule has 0 radical (unpaired) electrons. The molecule has 19 heavy (non-hydrogen) atoms. The molecule has 1 amide bonds. The van der Waals surface area contributed by atoms with Crippen LogP contribution in [0.5, 0.6) is 0 Å². The highest BCUT2D eigenvalue weighted by Crippen LogP contribution is 2.49. The lowest BCUT2D eigenvalue weighted by Crippen LogP contribution is -2.34. The van der Waals surface area contributed by atoms with E-state index in [0.29, 0.717) is 13.0 Å². The minimum absolute atomic E-state index is 0.107. The summed E-state index contributed by atoms with van der Waals surface area (Å²) in [4.78, 5) is 13.8. The summed E-state index contributed by atoms with van der Waals surface area (Å²) in [5, 5.41) is 9.92. The fourth-order valence-corrected chi connectivity index (χ4v) is 3.11. The minimum atomic E-state index is 0.107. The van der Waals surface area contributed by atoms with Crippen molar-refractivity contribution in [2.45, 2.75) is 24.7 Å². The third-order valence-corrected chi connectivity index (χ3v) is 4.61. The van der Waals surface area contributed by atoms with Gasteiger partial charge in [-0.25, -0.2) is 0 Å². The lowest BCUT2D eigenvalue weighted by molar-refractivity contribution is -0.128. The van der Waals surface area contributed by atoms with Gasteiger partial charge in [-0.2, -0.15) is 0 Å². The van der Waals surface area contributed by atoms with Crippen molar-refractivity contribution in [1.29, 1.82) is 0 Å². The van der Waals surface area contributed by atoms with Crippen LogP contribution in [0.3, 0.4) is 0 Å². The molecule has 2 fully saturated rings. The van der Waals surface area contributed by atoms with Crippen LogP contribution in [-0.4, -0.2) is 35.6 Å². The highest BCUT2D eigenvalue weighted by atomic mass is 35.5. The number of hydrogen-bond donors (Lipinski definition) is 1. The maximum atomic E-state index is 11.9. The van der Waals surface area contributed by atoms with Crippen molar-refractivity contribution in [2.75, 3.05) is 19.7 Å². The topological polar surface area (TPSA) is 40.5 Å². The monoisotopic (exact) mass is 279 g/mol. The first-order valence-electron chi connectivity index (χ1n) is 6.78. The molecular weight excluding hydrogens is 262 g/mol. The molecule has 1 aromatic rings. The summed E-state index contributed by atoms with van der Waals surface area (Å²) in [6.45, 7) is 1.59. The summed E-state index contributed by atoms with van der Waals surface area (Å²) in [5.41, 5.74) is 1.40. The molecule has 1 aromatic carbocycles. The van der Waals surface area contributed by atoms with Crippen LogP contribution in [0.4, 0.5) is 0 Å². The number of nitrogens with zero attached hydrogens (tertiary/aromatic N) is 1. The van der Waals surface area contributed by atoms with E-state index in [2.05, 4.69) is 12.1 Å². The van der Waals surface area contributed by atoms with Gasteiger partial charge in [-0.05, 0) is 30.5 Å². The Morgan fingerprint density at radius 2 is 2.00 bits per heavy atom. The van der Waals surface area contributed by atoms with Crippen LogP contribution in [0, 0.1) is 5.92 Å². The molecule has 4 heteroatoms. The first-order valence-corrected chi connectivity index (χ1v) is 7.15. The van der Waals surface area contributed by atoms with Crippen molar-refractivity contribution >= 4 is 17.5 Å². The maximum absolute atomic E-state index is 11.9. The highest BCUT2D eigenvalue weighted by Gasteiger charge is 2.47. The fraction of sp³-hybridized carbons (Fsp3) is 0.533. The zero-order chi connectivity index (χ0) is 13.5. The molecule has 1 aliphatic heterocycles. The number of aliphatic hydroxyl groups is 1. The quantitative estimate of drug-likeness (QED) is 0.918. The smallest absolute Gasteiger partial charge is 0.223 e. The summed E-state index contributed by atoms with van der Waals surface area (Å²) in [6, 6.07) is 7.97. The van der Waals surface area contributed by atoms with Crippen LogP contribution in [0.15, 0.2) is 24.3 Å². The molecule has 102 valence electrons. The third-order valence-electron chi connectivity index (χ3n) is 4.36. The van der Waals surface area contributed by atoms with Gasteiger partial charge in [0, 0.05) is 42.5 Å². The van der Waals surface area contributed by atoms with Gasteiger partial charge in [0.1, 0.15) is 0 Å². The molecule has 1 heterocycles. The zero-order valence-electron chi connectivity index (χ0n) is 10.8. The van der Waals surface area contributed by atoms with Crippen molar-refractivity contribution in [3.8, 4) is 0 Å². The number of hydrogen-bond acceptors (Lipinski definition) is 2. The van der Waals surface area contributed by atoms with Crippen LogP contribution in [0.1, 0.15) is 24.8 Å². The number of halogens is 1. The summed E-state index contributed by atoms with van der Waals surface area (Å²) in [7, 11) is 0. The Hall–Kier alpha value is -1.06. The lowest BCUT2D eigenvalue weighted by atomic mass is 9.95. The van der Waals surface area contributed by atoms with Gasteiger partial charge in [0.15, 0.2) is 0 Å². The number of likely N-dealkylation sites (tertiary alicyclic amines) is 1. The first kappa shape index (κ1) is 12.9. The number of benzene rings is 1. The van der Waals surface area contributed by atoms with E-state index in [0.717, 1.165) is 24.4 Å². The van der Waals surface area contributed by atoms with Crippen molar-refractivity contribution in [2.24, 2.45) is 5.92 Å². The largest absolute Gasteiger partial charge is 0.396 e. The Labute approximate surface area is 118 Å². The fourth-order valence-electron chi connectivity index (χ4n) is 2.99. The van der Waals surface area contributed by atoms with Gasteiger partial charge < -0.3 is 10.0 Å². The van der Waals surface area contributed by atoms with Gasteiger partial charge in [0.05, 0.1) is 0 Å². The van der Waals surface area contributed by atoms with Crippen molar-refractivity contribution in [1.82, 2.24) is 4.90 Å². The molecule has 0 bridgehead atoms. The van der Waals surface area contributed by atoms with Crippen LogP contribution in [0.25, 0.3) is 0 Å². The summed E-state index contributed by atoms with van der Waals surface area (Å²) in [6.07, 6.45) is 2.75. The van der Waals surface area contributed by atoms with E-state index in [9.17, 15) is 4.79 Å². The van der Waals surface area contributed by atoms with E-state index >= 15 is 0 Å². The Morgan fingerprint density at radius 1 is 1.32 bits per heavy atom. The average molecular weight is 280 g/mol. The van der Waals surface area contributed by atoms with E-state index in [-0.39, 0.29) is 23.8 Å². The lowest BCUT2D eigenvalue weighted by Gasteiger charge is -2.24. The predicted molar refractivity (Wildman–Crippen MR) is 74.1 cm³/mol. The second kappa shape index (κ2) is 4.80. The summed E-state index contributed by atoms with van der Waals surface area (Å²) < 4.78 is 0. The average Bonchev–Trinajstić information content (AvgIpc) is 3.10. The molecule has 0 spiro atoms. The highest BCUT2D eigenvalue weighted by molar-refractivity contribution is 6.30. The zero-order valence-corrected chi connectivity index (χ0v) is 11.6. The molecule has 1 unspecified atom stereocenters. The van der Waals surface area contributed by atoms with Crippen LogP contribution in [0.2, 0.25) is 5.02 Å². The SMILES string of the molecule is O=C1CC(CO)CN1CC1(c2ccc(Cl)cc2)CC1. The molecule has 1 N–H and O–H groups in total. The van der Waals surface area contributed by atoms with Crippen LogP contribution < -0.4 is 0 Å². The van der Waals surface area contributed by atoms with E-state index in [4.69, 9.17) is 16.7 Å². The van der Waals surface area contributed by atoms with Crippen molar-refractivity contribution in [3.05, 3.63) is 34.9 Å². The Morgan fingerprint density at radius 3 is 2.53 bits per heavy atom. The minimum Gasteiger partial charge on any atom is -0.396 e. The molecule has 3 nitrogen and oxygen atoms in total. The van der Waals surface area contributed by atoms with Gasteiger partial charge in [-0.1, -0.05) is 23.7 Å². The standard InChI is InChI=1S/C15H18ClNO2/c16-13-3-1-12(2-4-13)15(5-6-15)10-17-8-11(9-18)7-14(17)19/h1-4,11,18H,5-10H2. The molecule has 1 saturated heterocycles. The van der Waals surface area contributed by atoms with E-state index < -0.39 is 0 Å². The molecule has 2 aliphatic rings. The second-order valence-electron chi connectivity index (χ2n) is 5.81. The molecule has 3 rings (SSSR count). The number of aliphatic hydroxyl groups excluding tert-OH is 1. The first-order chi connectivity index (χ1) is 9.13. The number of carbonyl (C=O) groups excluding carboxylic acids is 1. The molecule has 1 saturated carbocycles. The van der Waals surface area contributed by atoms with Gasteiger partial charge in [-0.3, -0.25) is 4.79 Å². The molecular formula is C15H18ClNO2. The second-order valence-corrected chi connectivity index (χ2v) is 6.25. The maximum Gasteiger partial charge on any atom is 0.223 e. The Balaban J connectivity index is 1.72.